The van der Waals surface area contributed by atoms with E-state index in [2.05, 4.69) is 121 Å². The van der Waals surface area contributed by atoms with Crippen molar-refractivity contribution in [1.29, 1.82) is 0 Å². The maximum atomic E-state index is 14.0. The van der Waals surface area contributed by atoms with Crippen LogP contribution in [0, 0.1) is 64.1 Å². The zero-order chi connectivity index (χ0) is 66.2. The zero-order valence-electron chi connectivity index (χ0n) is 55.4. The van der Waals surface area contributed by atoms with Gasteiger partial charge in [-0.25, -0.2) is 0 Å². The number of nitrogens with two attached hydrogens (primary N) is 1. The Bertz CT molecular complexity index is 4190. The van der Waals surface area contributed by atoms with Gasteiger partial charge in [-0.2, -0.15) is 0 Å². The molecule has 9 bridgehead atoms. The van der Waals surface area contributed by atoms with Crippen LogP contribution in [0.3, 0.4) is 0 Å². The van der Waals surface area contributed by atoms with Crippen molar-refractivity contribution in [1.82, 2.24) is 41.1 Å². The number of dihydropyridines is 1. The van der Waals surface area contributed by atoms with E-state index in [1.165, 1.54) is 35.3 Å². The van der Waals surface area contributed by atoms with Crippen molar-refractivity contribution >= 4 is 22.8 Å². The number of nitrogens with one attached hydrogen (secondary N) is 6. The number of aliphatic hydroxyl groups excluding tert-OH is 1. The van der Waals surface area contributed by atoms with Gasteiger partial charge in [-0.1, -0.05) is 68.0 Å². The number of rotatable bonds is 12. The number of aromatic hydroxyl groups is 3. The molecule has 10 aliphatic rings. The summed E-state index contributed by atoms with van der Waals surface area (Å²) in [5.74, 6) is 15.2. The van der Waals surface area contributed by atoms with E-state index in [0.29, 0.717) is 80.6 Å². The Balaban J connectivity index is 0.881. The van der Waals surface area contributed by atoms with Crippen LogP contribution in [-0.2, 0) is 33.5 Å². The average Bonchev–Trinajstić information content (AvgIpc) is 1.67. The molecule has 9 heterocycles. The van der Waals surface area contributed by atoms with E-state index in [1.807, 2.05) is 30.5 Å². The van der Waals surface area contributed by atoms with Crippen molar-refractivity contribution in [2.75, 3.05) is 26.2 Å². The molecule has 506 valence electrons. The van der Waals surface area contributed by atoms with Crippen LogP contribution in [0.25, 0.3) is 10.9 Å². The van der Waals surface area contributed by atoms with Crippen molar-refractivity contribution in [2.45, 2.75) is 177 Å². The number of nitrogens with zero attached hydrogens (tertiary/aromatic N) is 3. The minimum atomic E-state index is -1.11. The maximum Gasteiger partial charge on any atom is 0.302 e. The summed E-state index contributed by atoms with van der Waals surface area (Å²) in [6.45, 7) is 5.84. The minimum absolute atomic E-state index is 0.000599. The number of ether oxygens (including phenoxy) is 4. The van der Waals surface area contributed by atoms with E-state index >= 15 is 0 Å². The lowest BCUT2D eigenvalue weighted by molar-refractivity contribution is -0.174. The summed E-state index contributed by atoms with van der Waals surface area (Å²) >= 11 is 0. The fourth-order valence-electron chi connectivity index (χ4n) is 19.6. The molecule has 0 amide bonds. The van der Waals surface area contributed by atoms with Crippen LogP contribution in [-0.4, -0.2) is 109 Å². The lowest BCUT2D eigenvalue weighted by Crippen LogP contribution is -2.76. The Morgan fingerprint density at radius 3 is 2.70 bits per heavy atom. The third-order valence-electron chi connectivity index (χ3n) is 23.7. The number of aromatic amines is 1. The summed E-state index contributed by atoms with van der Waals surface area (Å²) in [7, 11) is 0. The average molecular weight is 1310 g/mol. The number of phenolic OH excluding ortho intramolecular Hbond substituents is 3. The van der Waals surface area contributed by atoms with Crippen molar-refractivity contribution in [3.63, 3.8) is 0 Å². The first-order valence-corrected chi connectivity index (χ1v) is 35.5. The third-order valence-corrected chi connectivity index (χ3v) is 23.7. The summed E-state index contributed by atoms with van der Waals surface area (Å²) in [6.07, 6.45) is 20.3. The number of benzene rings is 3. The van der Waals surface area contributed by atoms with Gasteiger partial charge in [0.1, 0.15) is 24.6 Å². The lowest BCUT2D eigenvalue weighted by Gasteiger charge is -2.59. The Hall–Kier alpha value is -8.59. The summed E-state index contributed by atoms with van der Waals surface area (Å²) in [5, 5.41) is 69.8. The Morgan fingerprint density at radius 1 is 0.969 bits per heavy atom. The number of fused-ring (bicyclic) bond motifs is 9. The molecule has 17 atom stereocenters. The van der Waals surface area contributed by atoms with E-state index in [9.17, 15) is 25.2 Å². The molecule has 4 aliphatic carbocycles. The molecule has 19 nitrogen and oxygen atoms in total. The zero-order valence-corrected chi connectivity index (χ0v) is 55.4. The number of hydrogen-bond acceptors (Lipinski definition) is 17. The first-order valence-electron chi connectivity index (χ1n) is 35.5. The molecule has 0 radical (unpaired) electrons. The number of phenols is 3. The van der Waals surface area contributed by atoms with Crippen LogP contribution in [0.2, 0.25) is 0 Å². The normalized spacial score (nSPS) is 33.8. The van der Waals surface area contributed by atoms with Gasteiger partial charge in [0, 0.05) is 112 Å². The first kappa shape index (κ1) is 63.2. The number of allylic oxidation sites excluding steroid dienone is 2. The van der Waals surface area contributed by atoms with Gasteiger partial charge in [-0.05, 0) is 169 Å². The molecule has 12 N–H and O–H groups in total. The quantitative estimate of drug-likeness (QED) is 0.0309. The number of H-pyrrole nitrogens is 1. The van der Waals surface area contributed by atoms with Gasteiger partial charge in [0.15, 0.2) is 29.0 Å². The van der Waals surface area contributed by atoms with Gasteiger partial charge in [0.25, 0.3) is 0 Å². The SMILES string of the molecule is CCN[C@@H]1c2c3cccc2[C@H]2CC[C@@](CC4=CCNC(N)=C4)(CN=C4N[C@H](n5cc6cc[nH]c6c5)[C@H]5[C@@H](O)N[C@H]6CCCC[C@@H]6C#CC[C@]6([C@H]7C[C@@H](OC(C)=O)C[C@@H](c8cc(O)c(O)c(OCCc9cccnc9)c8)O7)CC#C[C@H]7[C@H](C[C@@H](C3)C[C@@]57N4)Oc3cc(ccc3O)C6)[C@H]21. The summed E-state index contributed by atoms with van der Waals surface area (Å²) < 4.78 is 29.8. The van der Waals surface area contributed by atoms with Crippen LogP contribution in [0.5, 0.6) is 28.7 Å². The number of aliphatic imine (C=N–C) groups is 1. The van der Waals surface area contributed by atoms with Crippen LogP contribution in [0.4, 0.5) is 0 Å². The summed E-state index contributed by atoms with van der Waals surface area (Å²) in [4.78, 5) is 26.9. The van der Waals surface area contributed by atoms with Crippen LogP contribution < -0.4 is 41.8 Å². The highest BCUT2D eigenvalue weighted by Gasteiger charge is 2.63. The van der Waals surface area contributed by atoms with Crippen molar-refractivity contribution < 1.29 is 44.2 Å². The molecule has 1 spiro atoms. The number of aromatic nitrogens is 3. The van der Waals surface area contributed by atoms with E-state index in [0.717, 1.165) is 79.9 Å². The number of guanidine groups is 1. The van der Waals surface area contributed by atoms with Crippen molar-refractivity contribution in [3.05, 3.63) is 155 Å². The van der Waals surface area contributed by atoms with Crippen LogP contribution in [0.1, 0.15) is 155 Å². The van der Waals surface area contributed by atoms with E-state index in [4.69, 9.17) is 29.7 Å². The topological polar surface area (TPSA) is 267 Å². The van der Waals surface area contributed by atoms with Crippen LogP contribution >= 0.6 is 0 Å². The highest BCUT2D eigenvalue weighted by molar-refractivity contribution is 5.83. The predicted octanol–water partition coefficient (Wildman–Crippen LogP) is 9.76. The molecule has 19 heteroatoms. The number of aliphatic hydroxyl groups is 1. The minimum Gasteiger partial charge on any atom is -0.504 e. The molecule has 3 aromatic heterocycles. The maximum absolute atomic E-state index is 14.0. The largest absolute Gasteiger partial charge is 0.504 e. The molecule has 97 heavy (non-hydrogen) atoms. The molecule has 3 aromatic carbocycles. The standard InChI is InChI=1S/C78H90N10O9/c1-3-81-71-68-51-12-6-14-55(68)56-19-25-77(69(56)71,39-48-20-27-83-67(79)33-48)44-84-75-86-73(88-42-52-21-28-82-59(52)43-88)70-74(93)85-58-16-5-4-11-50(58)13-7-23-76(24-8-15-57-63(32-49(30-51)40-78(57,70)87-75)96-64-31-47(38-76)17-18-60(64)90)66-37-54(95-45(2)89)36-62(97-66)53-34-61(91)72(92)65(35-53)94-29-22-46-10-9-26-80-41-46/h6,9-10,12,14,17-18,20-21,26,28,31,33-35,41-43,49-50,54,56-58,62-63,66,69-71,73-74,81-83,85,90-93H,3-5,11,16,19,22-25,27,29-30,32,36-40,44,79H2,1-2H3,(H2,84,86,87)/t49-,50-,54+,56-,57+,58+,62+,63+,66-,69-,70+,71-,73-,74-,76+,77-,78+/m1/s1. The second kappa shape index (κ2) is 25.7. The van der Waals surface area contributed by atoms with Gasteiger partial charge in [0.05, 0.1) is 47.5 Å². The van der Waals surface area contributed by atoms with Gasteiger partial charge in [0.2, 0.25) is 5.75 Å². The van der Waals surface area contributed by atoms with Gasteiger partial charge in [-0.15, -0.1) is 11.8 Å². The van der Waals surface area contributed by atoms with E-state index in [-0.39, 0.29) is 77.7 Å². The number of carbonyl (C=O) groups excluding carboxylic acids is 1. The monoisotopic (exact) mass is 1310 g/mol. The van der Waals surface area contributed by atoms with Crippen LogP contribution in [0.15, 0.2) is 126 Å². The first-order chi connectivity index (χ1) is 47.2. The molecule has 16 rings (SSSR count). The second-order valence-electron chi connectivity index (χ2n) is 29.7. The smallest absolute Gasteiger partial charge is 0.302 e. The van der Waals surface area contributed by atoms with E-state index < -0.39 is 65.6 Å². The molecule has 2 saturated heterocycles. The number of carbonyl (C=O) groups is 1. The van der Waals surface area contributed by atoms with Gasteiger partial charge in [-0.3, -0.25) is 20.1 Å². The lowest BCUT2D eigenvalue weighted by atomic mass is 9.58. The van der Waals surface area contributed by atoms with Gasteiger partial charge < -0.3 is 75.9 Å². The Labute approximate surface area is 566 Å². The Morgan fingerprint density at radius 2 is 1.86 bits per heavy atom. The second-order valence-corrected chi connectivity index (χ2v) is 29.7. The van der Waals surface area contributed by atoms with Crippen molar-refractivity contribution in [3.8, 4) is 52.4 Å². The number of hydrogen-bond donors (Lipinski definition) is 11. The fourth-order valence-corrected chi connectivity index (χ4v) is 19.6. The molecule has 5 fully saturated rings. The van der Waals surface area contributed by atoms with Gasteiger partial charge >= 0.3 is 5.97 Å². The highest BCUT2D eigenvalue weighted by Crippen LogP contribution is 2.65. The molecule has 6 aliphatic heterocycles. The third kappa shape index (κ3) is 11.8. The fraction of sp³-hybridized carbons (Fsp3) is 0.500. The summed E-state index contributed by atoms with van der Waals surface area (Å²) in [5.41, 5.74) is 13.1. The van der Waals surface area contributed by atoms with E-state index in [1.54, 1.807) is 24.5 Å². The molecule has 6 aromatic rings. The molecular weight excluding hydrogens is 1220 g/mol. The number of pyridine rings is 1. The summed E-state index contributed by atoms with van der Waals surface area (Å²) in [6, 6.07) is 21.7. The number of esters is 1. The van der Waals surface area contributed by atoms with Crippen molar-refractivity contribution in [2.24, 2.45) is 51.1 Å². The predicted molar refractivity (Wildman–Crippen MR) is 368 cm³/mol. The Kier molecular flexibility index (Phi) is 16.7. The molecule has 0 unspecified atom stereocenters. The molecular formula is C78H90N10O9. The molecule has 3 saturated carbocycles. The highest BCUT2D eigenvalue weighted by atomic mass is 16.6.